The fraction of sp³-hybridized carbons (Fsp3) is 0.541. The number of amides is 1. The zero-order valence-corrected chi connectivity index (χ0v) is 25.8. The Bertz CT molecular complexity index is 1470. The van der Waals surface area contributed by atoms with Gasteiger partial charge in [-0.15, -0.1) is 0 Å². The average molecular weight is 588 g/mol. The van der Waals surface area contributed by atoms with E-state index in [4.69, 9.17) is 4.74 Å². The van der Waals surface area contributed by atoms with E-state index < -0.39 is 12.3 Å². The molecule has 2 fully saturated rings. The first-order valence-corrected chi connectivity index (χ1v) is 16.1. The number of alkyl halides is 1. The Morgan fingerprint density at radius 2 is 1.93 bits per heavy atom. The van der Waals surface area contributed by atoms with Gasteiger partial charge >= 0.3 is 0 Å². The third kappa shape index (κ3) is 5.46. The number of hydrogen-bond acceptors (Lipinski definition) is 4. The fourth-order valence-corrected chi connectivity index (χ4v) is 9.20. The molecule has 0 aliphatic heterocycles. The predicted octanol–water partition coefficient (Wildman–Crippen LogP) is 7.35. The standard InChI is InChI=1S/C37H46FNO4/c1-23(40)39(33-15-11-24-8-4-5-10-28(24)30(33)17-19-43-3)18-7-6-9-25-20-26-21-27(41)12-13-29(26)36-32(38)22-37(2)31(35(25)36)14-16-34(37)42/h4-5,8,10-13,15,21,25,31-32,34-36,41-42H,6-7,9,14,16-20,22H2,1-3H3/t25-,31+,32+,34+,35+,36+,37+/m1/s1. The Balaban J connectivity index is 1.22. The molecular formula is C37H46FNO4. The summed E-state index contributed by atoms with van der Waals surface area (Å²) in [5.74, 6) is 0.817. The van der Waals surface area contributed by atoms with Gasteiger partial charge in [0.05, 0.1) is 12.7 Å². The van der Waals surface area contributed by atoms with Crippen LogP contribution in [0, 0.1) is 23.2 Å². The maximum atomic E-state index is 16.1. The van der Waals surface area contributed by atoms with Gasteiger partial charge < -0.3 is 19.8 Å². The lowest BCUT2D eigenvalue weighted by Gasteiger charge is -2.54. The van der Waals surface area contributed by atoms with Crippen LogP contribution < -0.4 is 4.90 Å². The lowest BCUT2D eigenvalue weighted by Crippen LogP contribution is -2.51. The van der Waals surface area contributed by atoms with E-state index in [9.17, 15) is 15.0 Å². The van der Waals surface area contributed by atoms with Gasteiger partial charge in [0.25, 0.3) is 0 Å². The van der Waals surface area contributed by atoms with Crippen LogP contribution >= 0.6 is 0 Å². The molecule has 5 nitrogen and oxygen atoms in total. The van der Waals surface area contributed by atoms with Crippen LogP contribution in [0.5, 0.6) is 5.75 Å². The van der Waals surface area contributed by atoms with Crippen LogP contribution in [0.1, 0.15) is 75.0 Å². The van der Waals surface area contributed by atoms with Crippen LogP contribution in [-0.2, 0) is 22.4 Å². The van der Waals surface area contributed by atoms with Crippen molar-refractivity contribution in [3.05, 3.63) is 71.3 Å². The third-order valence-corrected chi connectivity index (χ3v) is 11.2. The highest BCUT2D eigenvalue weighted by Crippen LogP contribution is 2.63. The molecule has 0 bridgehead atoms. The summed E-state index contributed by atoms with van der Waals surface area (Å²) in [7, 11) is 1.70. The number of carbonyl (C=O) groups excluding carboxylic acids is 1. The quantitative estimate of drug-likeness (QED) is 0.257. The molecule has 3 aromatic carbocycles. The smallest absolute Gasteiger partial charge is 0.223 e. The Kier molecular flexibility index (Phi) is 8.54. The molecule has 3 aliphatic rings. The monoisotopic (exact) mass is 587 g/mol. The number of methoxy groups -OCH3 is 1. The highest BCUT2D eigenvalue weighted by molar-refractivity contribution is 5.98. The van der Waals surface area contributed by atoms with Crippen LogP contribution in [0.25, 0.3) is 10.8 Å². The number of aliphatic hydroxyl groups is 1. The van der Waals surface area contributed by atoms with E-state index in [0.29, 0.717) is 25.5 Å². The number of hydrogen-bond donors (Lipinski definition) is 2. The second kappa shape index (κ2) is 12.2. The maximum Gasteiger partial charge on any atom is 0.223 e. The van der Waals surface area contributed by atoms with Crippen molar-refractivity contribution in [2.24, 2.45) is 23.2 Å². The van der Waals surface area contributed by atoms with Gasteiger partial charge in [0.2, 0.25) is 5.91 Å². The summed E-state index contributed by atoms with van der Waals surface area (Å²) in [5.41, 5.74) is 3.83. The van der Waals surface area contributed by atoms with Crippen molar-refractivity contribution in [1.82, 2.24) is 0 Å². The van der Waals surface area contributed by atoms with E-state index in [0.717, 1.165) is 78.1 Å². The summed E-state index contributed by atoms with van der Waals surface area (Å²) >= 11 is 0. The van der Waals surface area contributed by atoms with E-state index in [-0.39, 0.29) is 34.8 Å². The summed E-state index contributed by atoms with van der Waals surface area (Å²) in [4.78, 5) is 14.9. The normalized spacial score (nSPS) is 29.6. The summed E-state index contributed by atoms with van der Waals surface area (Å²) in [6, 6.07) is 17.9. The van der Waals surface area contributed by atoms with Gasteiger partial charge in [-0.1, -0.05) is 49.7 Å². The number of benzene rings is 3. The van der Waals surface area contributed by atoms with Gasteiger partial charge in [-0.05, 0) is 114 Å². The average Bonchev–Trinajstić information content (AvgIpc) is 3.28. The minimum absolute atomic E-state index is 0.0272. The molecule has 43 heavy (non-hydrogen) atoms. The van der Waals surface area contributed by atoms with Gasteiger partial charge in [0, 0.05) is 32.2 Å². The van der Waals surface area contributed by atoms with Crippen LogP contribution in [0.3, 0.4) is 0 Å². The molecule has 3 aromatic rings. The van der Waals surface area contributed by atoms with Crippen LogP contribution in [0.2, 0.25) is 0 Å². The number of phenolic OH excluding ortho intramolecular Hbond substituents is 1. The zero-order chi connectivity index (χ0) is 30.3. The fourth-order valence-electron chi connectivity index (χ4n) is 9.20. The predicted molar refractivity (Wildman–Crippen MR) is 169 cm³/mol. The number of carbonyl (C=O) groups is 1. The molecule has 0 aromatic heterocycles. The first-order chi connectivity index (χ1) is 20.7. The number of rotatable bonds is 9. The van der Waals surface area contributed by atoms with Crippen molar-refractivity contribution < 1.29 is 24.1 Å². The third-order valence-electron chi connectivity index (χ3n) is 11.2. The minimum atomic E-state index is -1.00. The van der Waals surface area contributed by atoms with Gasteiger partial charge in [0.1, 0.15) is 11.9 Å². The molecule has 6 rings (SSSR count). The van der Waals surface area contributed by atoms with Crippen molar-refractivity contribution in [2.75, 3.05) is 25.2 Å². The number of aliphatic hydroxyl groups excluding tert-OH is 1. The van der Waals surface area contributed by atoms with Crippen LogP contribution in [0.15, 0.2) is 54.6 Å². The highest BCUT2D eigenvalue weighted by atomic mass is 19.1. The summed E-state index contributed by atoms with van der Waals surface area (Å²) in [6.07, 6.45) is 4.90. The van der Waals surface area contributed by atoms with Gasteiger partial charge in [-0.25, -0.2) is 4.39 Å². The number of aromatic hydroxyl groups is 1. The van der Waals surface area contributed by atoms with E-state index in [2.05, 4.69) is 31.2 Å². The largest absolute Gasteiger partial charge is 0.508 e. The molecule has 2 saturated carbocycles. The van der Waals surface area contributed by atoms with Crippen molar-refractivity contribution in [2.45, 2.75) is 83.4 Å². The lowest BCUT2D eigenvalue weighted by molar-refractivity contribution is -0.116. The molecule has 7 atom stereocenters. The summed E-state index contributed by atoms with van der Waals surface area (Å²) < 4.78 is 21.5. The molecule has 230 valence electrons. The molecule has 0 spiro atoms. The zero-order valence-electron chi connectivity index (χ0n) is 25.8. The van der Waals surface area contributed by atoms with E-state index in [1.165, 1.54) is 0 Å². The number of fused-ring (bicyclic) bond motifs is 6. The van der Waals surface area contributed by atoms with Crippen molar-refractivity contribution in [3.63, 3.8) is 0 Å². The summed E-state index contributed by atoms with van der Waals surface area (Å²) in [5, 5.41) is 23.5. The van der Waals surface area contributed by atoms with E-state index in [1.807, 2.05) is 29.2 Å². The van der Waals surface area contributed by atoms with Crippen molar-refractivity contribution in [3.8, 4) is 5.75 Å². The van der Waals surface area contributed by atoms with Gasteiger partial charge in [-0.2, -0.15) is 0 Å². The maximum absolute atomic E-state index is 16.1. The topological polar surface area (TPSA) is 70.0 Å². The second-order valence-electron chi connectivity index (χ2n) is 13.6. The number of unbranched alkanes of at least 4 members (excludes halogenated alkanes) is 1. The van der Waals surface area contributed by atoms with E-state index in [1.54, 1.807) is 20.1 Å². The molecule has 0 unspecified atom stereocenters. The lowest BCUT2D eigenvalue weighted by atomic mass is 9.51. The number of phenols is 1. The van der Waals surface area contributed by atoms with Crippen molar-refractivity contribution >= 4 is 22.4 Å². The molecule has 0 saturated heterocycles. The highest BCUT2D eigenvalue weighted by Gasteiger charge is 2.59. The SMILES string of the molecule is COCCc1c(N(CCCC[C@@H]2Cc3cc(O)ccc3[C@@H]3[C@@H]2[C@@H]2CC[C@H](O)[C@@]2(C)C[C@@H]3F)C(C)=O)ccc2ccccc12. The van der Waals surface area contributed by atoms with Gasteiger partial charge in [-0.3, -0.25) is 4.79 Å². The van der Waals surface area contributed by atoms with Gasteiger partial charge in [0.15, 0.2) is 0 Å². The molecule has 6 heteroatoms. The number of ether oxygens (including phenoxy) is 1. The molecule has 2 N–H and O–H groups in total. The number of nitrogens with zero attached hydrogens (tertiary/aromatic N) is 1. The second-order valence-corrected chi connectivity index (χ2v) is 13.6. The first-order valence-electron chi connectivity index (χ1n) is 16.1. The Hall–Kier alpha value is -2.96. The number of anilines is 1. The van der Waals surface area contributed by atoms with E-state index >= 15 is 4.39 Å². The Labute approximate surface area is 255 Å². The molecular weight excluding hydrogens is 541 g/mol. The number of halogens is 1. The Morgan fingerprint density at radius 3 is 2.72 bits per heavy atom. The molecule has 0 radical (unpaired) electrons. The van der Waals surface area contributed by atoms with Crippen molar-refractivity contribution in [1.29, 1.82) is 0 Å². The van der Waals surface area contributed by atoms with Crippen LogP contribution in [-0.4, -0.2) is 48.7 Å². The first kappa shape index (κ1) is 30.1. The molecule has 0 heterocycles. The Morgan fingerprint density at radius 1 is 1.12 bits per heavy atom. The summed E-state index contributed by atoms with van der Waals surface area (Å²) in [6.45, 7) is 4.95. The molecule has 3 aliphatic carbocycles. The minimum Gasteiger partial charge on any atom is -0.508 e. The molecule has 1 amide bonds. The van der Waals surface area contributed by atoms with Crippen LogP contribution in [0.4, 0.5) is 10.1 Å².